The van der Waals surface area contributed by atoms with Gasteiger partial charge in [-0.15, -0.1) is 11.3 Å². The van der Waals surface area contributed by atoms with E-state index in [1.54, 1.807) is 11.3 Å². The molecule has 1 N–H and O–H groups in total. The van der Waals surface area contributed by atoms with Crippen LogP contribution in [-0.2, 0) is 0 Å². The molecule has 0 amide bonds. The first kappa shape index (κ1) is 11.6. The van der Waals surface area contributed by atoms with Crippen molar-refractivity contribution in [2.45, 2.75) is 13.0 Å². The zero-order chi connectivity index (χ0) is 11.5. The van der Waals surface area contributed by atoms with Gasteiger partial charge in [-0.25, -0.2) is 4.98 Å². The number of nitrogens with zero attached hydrogens (tertiary/aromatic N) is 1. The number of rotatable bonds is 3. The molecule has 0 radical (unpaired) electrons. The molecule has 4 heteroatoms. The highest BCUT2D eigenvalue weighted by molar-refractivity contribution is 7.09. The lowest BCUT2D eigenvalue weighted by molar-refractivity contribution is 0.685. The fourth-order valence-corrected chi connectivity index (χ4v) is 2.75. The van der Waals surface area contributed by atoms with Gasteiger partial charge in [-0.2, -0.15) is 0 Å². The summed E-state index contributed by atoms with van der Waals surface area (Å²) in [6.07, 6.45) is 0. The minimum absolute atomic E-state index is 0.123. The molecule has 0 aliphatic rings. The first-order valence-corrected chi connectivity index (χ1v) is 6.31. The van der Waals surface area contributed by atoms with Gasteiger partial charge in [0.2, 0.25) is 0 Å². The number of aromatic nitrogens is 1. The first-order chi connectivity index (χ1) is 7.70. The fourth-order valence-electron chi connectivity index (χ4n) is 1.62. The third-order valence-corrected chi connectivity index (χ3v) is 3.62. The lowest BCUT2D eigenvalue weighted by atomic mass is 10.1. The predicted molar refractivity (Wildman–Crippen MR) is 69.2 cm³/mol. The molecular weight excluding hydrogens is 240 g/mol. The van der Waals surface area contributed by atoms with E-state index in [0.717, 1.165) is 21.3 Å². The third-order valence-electron chi connectivity index (χ3n) is 2.35. The van der Waals surface area contributed by atoms with Gasteiger partial charge >= 0.3 is 0 Å². The molecule has 1 unspecified atom stereocenters. The molecule has 1 aromatic carbocycles. The number of thiazole rings is 1. The molecule has 2 aromatic rings. The Labute approximate surface area is 104 Å². The lowest BCUT2D eigenvalue weighted by Gasteiger charge is -2.13. The minimum atomic E-state index is 0.123. The van der Waals surface area contributed by atoms with Gasteiger partial charge in [-0.1, -0.05) is 23.7 Å². The van der Waals surface area contributed by atoms with Crippen LogP contribution in [0.3, 0.4) is 0 Å². The monoisotopic (exact) mass is 252 g/mol. The van der Waals surface area contributed by atoms with Crippen molar-refractivity contribution >= 4 is 22.9 Å². The molecule has 0 aliphatic carbocycles. The molecule has 0 saturated carbocycles. The SMILES string of the molecule is CNC(c1cccc(Cl)c1)c1nc(C)cs1. The predicted octanol–water partition coefficient (Wildman–Crippen LogP) is 3.41. The van der Waals surface area contributed by atoms with Crippen LogP contribution in [0, 0.1) is 6.92 Å². The second-order valence-electron chi connectivity index (χ2n) is 3.60. The van der Waals surface area contributed by atoms with E-state index in [9.17, 15) is 0 Å². The molecular formula is C12H13ClN2S. The molecule has 0 fully saturated rings. The number of hydrogen-bond acceptors (Lipinski definition) is 3. The maximum Gasteiger partial charge on any atom is 0.114 e. The van der Waals surface area contributed by atoms with Crippen LogP contribution in [-0.4, -0.2) is 12.0 Å². The van der Waals surface area contributed by atoms with Crippen molar-refractivity contribution in [3.8, 4) is 0 Å². The summed E-state index contributed by atoms with van der Waals surface area (Å²) in [4.78, 5) is 4.50. The van der Waals surface area contributed by atoms with Crippen LogP contribution >= 0.6 is 22.9 Å². The molecule has 1 atom stereocenters. The van der Waals surface area contributed by atoms with Gasteiger partial charge in [0, 0.05) is 16.1 Å². The minimum Gasteiger partial charge on any atom is -0.307 e. The Bertz CT molecular complexity index is 481. The van der Waals surface area contributed by atoms with E-state index in [-0.39, 0.29) is 6.04 Å². The average Bonchev–Trinajstić information content (AvgIpc) is 2.66. The number of aryl methyl sites for hydroxylation is 1. The van der Waals surface area contributed by atoms with Gasteiger partial charge in [0.1, 0.15) is 5.01 Å². The van der Waals surface area contributed by atoms with Crippen LogP contribution in [0.1, 0.15) is 22.3 Å². The summed E-state index contributed by atoms with van der Waals surface area (Å²) in [5.74, 6) is 0. The second-order valence-corrected chi connectivity index (χ2v) is 4.93. The normalized spacial score (nSPS) is 12.7. The summed E-state index contributed by atoms with van der Waals surface area (Å²) in [5, 5.41) is 7.15. The van der Waals surface area contributed by atoms with Crippen LogP contribution < -0.4 is 5.32 Å². The number of nitrogens with one attached hydrogen (secondary N) is 1. The molecule has 1 aromatic heterocycles. The van der Waals surface area contributed by atoms with Crippen molar-refractivity contribution < 1.29 is 0 Å². The molecule has 2 rings (SSSR count). The van der Waals surface area contributed by atoms with Crippen LogP contribution in [0.15, 0.2) is 29.6 Å². The Morgan fingerprint density at radius 3 is 2.81 bits per heavy atom. The van der Waals surface area contributed by atoms with Crippen molar-refractivity contribution in [3.05, 3.63) is 50.9 Å². The van der Waals surface area contributed by atoms with Gasteiger partial charge in [0.25, 0.3) is 0 Å². The summed E-state index contributed by atoms with van der Waals surface area (Å²) in [6.45, 7) is 2.00. The Kier molecular flexibility index (Phi) is 3.59. The summed E-state index contributed by atoms with van der Waals surface area (Å²) >= 11 is 7.66. The van der Waals surface area contributed by atoms with Crippen LogP contribution in [0.4, 0.5) is 0 Å². The highest BCUT2D eigenvalue weighted by atomic mass is 35.5. The van der Waals surface area contributed by atoms with Crippen LogP contribution in [0.5, 0.6) is 0 Å². The van der Waals surface area contributed by atoms with Crippen molar-refractivity contribution in [1.29, 1.82) is 0 Å². The van der Waals surface area contributed by atoms with Gasteiger partial charge in [-0.05, 0) is 31.7 Å². The van der Waals surface area contributed by atoms with Gasteiger partial charge in [-0.3, -0.25) is 0 Å². The average molecular weight is 253 g/mol. The Hall–Kier alpha value is -0.900. The lowest BCUT2D eigenvalue weighted by Crippen LogP contribution is -2.17. The summed E-state index contributed by atoms with van der Waals surface area (Å²) in [7, 11) is 1.93. The maximum absolute atomic E-state index is 5.99. The van der Waals surface area contributed by atoms with E-state index in [2.05, 4.69) is 21.7 Å². The number of hydrogen-bond donors (Lipinski definition) is 1. The van der Waals surface area contributed by atoms with Gasteiger partial charge < -0.3 is 5.32 Å². The molecule has 1 heterocycles. The molecule has 2 nitrogen and oxygen atoms in total. The molecule has 0 bridgehead atoms. The van der Waals surface area contributed by atoms with E-state index in [0.29, 0.717) is 0 Å². The van der Waals surface area contributed by atoms with Gasteiger partial charge in [0.05, 0.1) is 6.04 Å². The largest absolute Gasteiger partial charge is 0.307 e. The van der Waals surface area contributed by atoms with Crippen molar-refractivity contribution in [1.82, 2.24) is 10.3 Å². The highest BCUT2D eigenvalue weighted by Crippen LogP contribution is 2.26. The molecule has 0 aliphatic heterocycles. The van der Waals surface area contributed by atoms with Crippen molar-refractivity contribution in [2.24, 2.45) is 0 Å². The van der Waals surface area contributed by atoms with Gasteiger partial charge in [0.15, 0.2) is 0 Å². The number of halogens is 1. The van der Waals surface area contributed by atoms with Crippen molar-refractivity contribution in [3.63, 3.8) is 0 Å². The van der Waals surface area contributed by atoms with Crippen LogP contribution in [0.2, 0.25) is 5.02 Å². The molecule has 16 heavy (non-hydrogen) atoms. The smallest absolute Gasteiger partial charge is 0.114 e. The summed E-state index contributed by atoms with van der Waals surface area (Å²) in [6, 6.07) is 7.99. The van der Waals surface area contributed by atoms with E-state index in [1.165, 1.54) is 0 Å². The Morgan fingerprint density at radius 1 is 1.44 bits per heavy atom. The molecule has 0 saturated heterocycles. The Balaban J connectivity index is 2.36. The van der Waals surface area contributed by atoms with E-state index >= 15 is 0 Å². The third kappa shape index (κ3) is 2.43. The molecule has 0 spiro atoms. The quantitative estimate of drug-likeness (QED) is 0.906. The zero-order valence-corrected chi connectivity index (χ0v) is 10.8. The van der Waals surface area contributed by atoms with E-state index in [1.807, 2.05) is 32.2 Å². The highest BCUT2D eigenvalue weighted by Gasteiger charge is 2.15. The molecule has 84 valence electrons. The number of benzene rings is 1. The van der Waals surface area contributed by atoms with E-state index < -0.39 is 0 Å². The summed E-state index contributed by atoms with van der Waals surface area (Å²) in [5.41, 5.74) is 2.20. The van der Waals surface area contributed by atoms with Crippen molar-refractivity contribution in [2.75, 3.05) is 7.05 Å². The Morgan fingerprint density at radius 2 is 2.25 bits per heavy atom. The summed E-state index contributed by atoms with van der Waals surface area (Å²) < 4.78 is 0. The topological polar surface area (TPSA) is 24.9 Å². The second kappa shape index (κ2) is 4.95. The standard InChI is InChI=1S/C12H13ClN2S/c1-8-7-16-12(15-8)11(14-2)9-4-3-5-10(13)6-9/h3-7,11,14H,1-2H3. The maximum atomic E-state index is 5.99. The fraction of sp³-hybridized carbons (Fsp3) is 0.250. The first-order valence-electron chi connectivity index (χ1n) is 5.05. The van der Waals surface area contributed by atoms with Crippen LogP contribution in [0.25, 0.3) is 0 Å². The zero-order valence-electron chi connectivity index (χ0n) is 9.20. The van der Waals surface area contributed by atoms with E-state index in [4.69, 9.17) is 11.6 Å².